The van der Waals surface area contributed by atoms with E-state index in [1.54, 1.807) is 17.6 Å². The minimum atomic E-state index is -0.308. The van der Waals surface area contributed by atoms with Crippen molar-refractivity contribution < 1.29 is 13.7 Å². The number of likely N-dealkylation sites (tertiary alicyclic amines) is 1. The van der Waals surface area contributed by atoms with E-state index in [2.05, 4.69) is 15.1 Å². The molecule has 0 saturated carbocycles. The second-order valence-corrected chi connectivity index (χ2v) is 7.18. The Labute approximate surface area is 153 Å². The standard InChI is InChI=1S/C18H17FN4O2S/c1-11-15(26-10-20-11)18(24)23-8-2-3-13(9-23)17-21-16(22-25-17)12-4-6-14(19)7-5-12/h4-7,10,13H,2-3,8-9H2,1H3/t13-/m0/s1. The molecule has 1 amide bonds. The van der Waals surface area contributed by atoms with Gasteiger partial charge < -0.3 is 9.42 Å². The van der Waals surface area contributed by atoms with E-state index in [-0.39, 0.29) is 17.6 Å². The SMILES string of the molecule is Cc1ncsc1C(=O)N1CCC[C@H](c2nc(-c3ccc(F)cc3)no2)C1. The van der Waals surface area contributed by atoms with Gasteiger partial charge in [-0.15, -0.1) is 11.3 Å². The largest absolute Gasteiger partial charge is 0.339 e. The number of benzene rings is 1. The fraction of sp³-hybridized carbons (Fsp3) is 0.333. The summed E-state index contributed by atoms with van der Waals surface area (Å²) >= 11 is 1.37. The molecular formula is C18H17FN4O2S. The molecule has 1 saturated heterocycles. The van der Waals surface area contributed by atoms with Crippen LogP contribution in [0.5, 0.6) is 0 Å². The van der Waals surface area contributed by atoms with Crippen LogP contribution in [-0.4, -0.2) is 39.0 Å². The van der Waals surface area contributed by atoms with Crippen molar-refractivity contribution in [2.24, 2.45) is 0 Å². The minimum absolute atomic E-state index is 0.00243. The number of aromatic nitrogens is 3. The molecule has 26 heavy (non-hydrogen) atoms. The van der Waals surface area contributed by atoms with Crippen molar-refractivity contribution in [2.45, 2.75) is 25.7 Å². The molecule has 1 aliphatic heterocycles. The topological polar surface area (TPSA) is 72.1 Å². The summed E-state index contributed by atoms with van der Waals surface area (Å²) in [6.45, 7) is 3.10. The number of rotatable bonds is 3. The van der Waals surface area contributed by atoms with Crippen molar-refractivity contribution in [2.75, 3.05) is 13.1 Å². The van der Waals surface area contributed by atoms with Crippen LogP contribution in [0.15, 0.2) is 34.3 Å². The van der Waals surface area contributed by atoms with E-state index >= 15 is 0 Å². The number of carbonyl (C=O) groups is 1. The van der Waals surface area contributed by atoms with Gasteiger partial charge in [0.2, 0.25) is 11.7 Å². The molecule has 1 fully saturated rings. The molecule has 2 aromatic heterocycles. The predicted molar refractivity (Wildman–Crippen MR) is 94.4 cm³/mol. The van der Waals surface area contributed by atoms with E-state index in [4.69, 9.17) is 4.52 Å². The van der Waals surface area contributed by atoms with E-state index in [1.807, 2.05) is 11.8 Å². The Morgan fingerprint density at radius 3 is 2.88 bits per heavy atom. The smallest absolute Gasteiger partial charge is 0.265 e. The van der Waals surface area contributed by atoms with Crippen molar-refractivity contribution in [1.29, 1.82) is 0 Å². The molecule has 3 heterocycles. The lowest BCUT2D eigenvalue weighted by atomic mass is 9.97. The molecule has 0 unspecified atom stereocenters. The highest BCUT2D eigenvalue weighted by Gasteiger charge is 2.30. The van der Waals surface area contributed by atoms with Gasteiger partial charge in [0.25, 0.3) is 5.91 Å². The Morgan fingerprint density at radius 1 is 1.35 bits per heavy atom. The molecule has 8 heteroatoms. The Morgan fingerprint density at radius 2 is 2.15 bits per heavy atom. The predicted octanol–water partition coefficient (Wildman–Crippen LogP) is 3.66. The number of piperidine rings is 1. The second-order valence-electron chi connectivity index (χ2n) is 6.32. The monoisotopic (exact) mass is 372 g/mol. The highest BCUT2D eigenvalue weighted by molar-refractivity contribution is 7.11. The average molecular weight is 372 g/mol. The van der Waals surface area contributed by atoms with Gasteiger partial charge in [-0.25, -0.2) is 9.37 Å². The van der Waals surface area contributed by atoms with Crippen molar-refractivity contribution in [3.63, 3.8) is 0 Å². The zero-order chi connectivity index (χ0) is 18.1. The summed E-state index contributed by atoms with van der Waals surface area (Å²) in [6, 6.07) is 5.97. The van der Waals surface area contributed by atoms with E-state index in [9.17, 15) is 9.18 Å². The zero-order valence-electron chi connectivity index (χ0n) is 14.2. The van der Waals surface area contributed by atoms with Crippen LogP contribution in [0.3, 0.4) is 0 Å². The number of nitrogens with zero attached hydrogens (tertiary/aromatic N) is 4. The van der Waals surface area contributed by atoms with Crippen LogP contribution >= 0.6 is 11.3 Å². The maximum atomic E-state index is 13.1. The first kappa shape index (κ1) is 16.8. The van der Waals surface area contributed by atoms with Crippen LogP contribution in [-0.2, 0) is 0 Å². The number of aryl methyl sites for hydroxylation is 1. The summed E-state index contributed by atoms with van der Waals surface area (Å²) < 4.78 is 18.5. The third kappa shape index (κ3) is 3.24. The second kappa shape index (κ2) is 6.95. The van der Waals surface area contributed by atoms with Crippen molar-refractivity contribution in [3.8, 4) is 11.4 Å². The summed E-state index contributed by atoms with van der Waals surface area (Å²) in [6.07, 6.45) is 1.76. The van der Waals surface area contributed by atoms with Gasteiger partial charge in [0.05, 0.1) is 17.1 Å². The molecule has 3 aromatic rings. The quantitative estimate of drug-likeness (QED) is 0.702. The summed E-state index contributed by atoms with van der Waals surface area (Å²) in [5.41, 5.74) is 3.15. The van der Waals surface area contributed by atoms with Crippen LogP contribution in [0, 0.1) is 12.7 Å². The zero-order valence-corrected chi connectivity index (χ0v) is 15.0. The third-order valence-corrected chi connectivity index (χ3v) is 5.46. The van der Waals surface area contributed by atoms with Crippen LogP contribution in [0.4, 0.5) is 4.39 Å². The Balaban J connectivity index is 1.51. The molecule has 0 aliphatic carbocycles. The molecule has 6 nitrogen and oxygen atoms in total. The normalized spacial score (nSPS) is 17.5. The summed E-state index contributed by atoms with van der Waals surface area (Å²) in [5, 5.41) is 4.01. The van der Waals surface area contributed by atoms with Crippen molar-refractivity contribution >= 4 is 17.2 Å². The first-order chi connectivity index (χ1) is 12.6. The highest BCUT2D eigenvalue weighted by Crippen LogP contribution is 2.29. The van der Waals surface area contributed by atoms with E-state index in [0.29, 0.717) is 35.2 Å². The molecule has 0 bridgehead atoms. The first-order valence-corrected chi connectivity index (χ1v) is 9.28. The van der Waals surface area contributed by atoms with E-state index in [1.165, 1.54) is 23.5 Å². The van der Waals surface area contributed by atoms with Gasteiger partial charge >= 0.3 is 0 Å². The number of hydrogen-bond donors (Lipinski definition) is 0. The van der Waals surface area contributed by atoms with Crippen LogP contribution in [0.1, 0.15) is 40.0 Å². The molecule has 0 spiro atoms. The van der Waals surface area contributed by atoms with Crippen molar-refractivity contribution in [1.82, 2.24) is 20.0 Å². The fourth-order valence-corrected chi connectivity index (χ4v) is 3.90. The third-order valence-electron chi connectivity index (χ3n) is 4.54. The molecule has 1 aliphatic rings. The fourth-order valence-electron chi connectivity index (χ4n) is 3.13. The lowest BCUT2D eigenvalue weighted by Gasteiger charge is -2.30. The number of thiazole rings is 1. The molecule has 134 valence electrons. The maximum absolute atomic E-state index is 13.1. The lowest BCUT2D eigenvalue weighted by Crippen LogP contribution is -2.39. The molecular weight excluding hydrogens is 355 g/mol. The molecule has 4 rings (SSSR count). The lowest BCUT2D eigenvalue weighted by molar-refractivity contribution is 0.0699. The maximum Gasteiger partial charge on any atom is 0.265 e. The van der Waals surface area contributed by atoms with Gasteiger partial charge in [-0.2, -0.15) is 4.98 Å². The highest BCUT2D eigenvalue weighted by atomic mass is 32.1. The molecule has 1 atom stereocenters. The summed E-state index contributed by atoms with van der Waals surface area (Å²) in [7, 11) is 0. The Kier molecular flexibility index (Phi) is 4.50. The van der Waals surface area contributed by atoms with Gasteiger partial charge in [-0.1, -0.05) is 5.16 Å². The number of amides is 1. The van der Waals surface area contributed by atoms with Crippen LogP contribution < -0.4 is 0 Å². The van der Waals surface area contributed by atoms with E-state index in [0.717, 1.165) is 18.5 Å². The number of hydrogen-bond acceptors (Lipinski definition) is 6. The molecule has 0 N–H and O–H groups in total. The number of carbonyl (C=O) groups excluding carboxylic acids is 1. The summed E-state index contributed by atoms with van der Waals surface area (Å²) in [4.78, 5) is 23.8. The van der Waals surface area contributed by atoms with Crippen LogP contribution in [0.2, 0.25) is 0 Å². The Hall–Kier alpha value is -2.61. The van der Waals surface area contributed by atoms with Gasteiger partial charge in [-0.05, 0) is 44.0 Å². The van der Waals surface area contributed by atoms with Crippen LogP contribution in [0.25, 0.3) is 11.4 Å². The Bertz CT molecular complexity index is 921. The van der Waals surface area contributed by atoms with Gasteiger partial charge in [-0.3, -0.25) is 4.79 Å². The molecule has 1 aromatic carbocycles. The summed E-state index contributed by atoms with van der Waals surface area (Å²) in [5.74, 6) is 0.650. The van der Waals surface area contributed by atoms with E-state index < -0.39 is 0 Å². The van der Waals surface area contributed by atoms with Gasteiger partial charge in [0.15, 0.2) is 0 Å². The van der Waals surface area contributed by atoms with Gasteiger partial charge in [0.1, 0.15) is 10.7 Å². The average Bonchev–Trinajstić information content (AvgIpc) is 3.31. The van der Waals surface area contributed by atoms with Gasteiger partial charge in [0, 0.05) is 18.7 Å². The van der Waals surface area contributed by atoms with Crippen molar-refractivity contribution in [3.05, 3.63) is 52.1 Å². The molecule has 0 radical (unpaired) electrons. The first-order valence-electron chi connectivity index (χ1n) is 8.40. The minimum Gasteiger partial charge on any atom is -0.339 e. The number of halogens is 1.